The van der Waals surface area contributed by atoms with Crippen molar-refractivity contribution in [3.8, 4) is 0 Å². The minimum Gasteiger partial charge on any atom is -0.381 e. The van der Waals surface area contributed by atoms with E-state index in [2.05, 4.69) is 31.0 Å². The number of hydrogen-bond acceptors (Lipinski definition) is 3. The molecule has 0 aliphatic carbocycles. The Morgan fingerprint density at radius 3 is 2.37 bits per heavy atom. The Balaban J connectivity index is 2.13. The van der Waals surface area contributed by atoms with Gasteiger partial charge in [-0.1, -0.05) is 13.8 Å². The number of rotatable bonds is 6. The monoisotopic (exact) mass is 268 g/mol. The van der Waals surface area contributed by atoms with Crippen molar-refractivity contribution in [3.63, 3.8) is 0 Å². The van der Waals surface area contributed by atoms with E-state index in [9.17, 15) is 0 Å². The normalized spacial score (nSPS) is 27.3. The van der Waals surface area contributed by atoms with E-state index in [0.717, 1.165) is 25.7 Å². The average Bonchev–Trinajstić information content (AvgIpc) is 2.99. The van der Waals surface area contributed by atoms with Crippen LogP contribution in [-0.4, -0.2) is 49.3 Å². The molecule has 3 nitrogen and oxygen atoms in total. The molecule has 0 aromatic heterocycles. The standard InChI is InChI=1S/C16H32N2O/c1-4-16(3,18-10-6-7-11-18)15(17-5-2)14-8-12-19-13-9-14/h14-15,17H,4-13H2,1-3H3. The van der Waals surface area contributed by atoms with Gasteiger partial charge in [0, 0.05) is 24.8 Å². The van der Waals surface area contributed by atoms with Gasteiger partial charge in [-0.3, -0.25) is 4.90 Å². The first-order valence-corrected chi connectivity index (χ1v) is 8.28. The van der Waals surface area contributed by atoms with Crippen LogP contribution in [0.3, 0.4) is 0 Å². The van der Waals surface area contributed by atoms with E-state index in [1.165, 1.54) is 45.2 Å². The van der Waals surface area contributed by atoms with Crippen LogP contribution in [0, 0.1) is 5.92 Å². The minimum atomic E-state index is 0.314. The van der Waals surface area contributed by atoms with Gasteiger partial charge in [-0.05, 0) is 64.6 Å². The Hall–Kier alpha value is -0.120. The summed E-state index contributed by atoms with van der Waals surface area (Å²) in [5, 5.41) is 3.82. The molecule has 2 atom stereocenters. The van der Waals surface area contributed by atoms with Crippen LogP contribution in [0.15, 0.2) is 0 Å². The molecular formula is C16H32N2O. The molecule has 2 heterocycles. The van der Waals surface area contributed by atoms with E-state index in [4.69, 9.17) is 4.74 Å². The van der Waals surface area contributed by atoms with Crippen molar-refractivity contribution in [2.75, 3.05) is 32.8 Å². The van der Waals surface area contributed by atoms with Crippen LogP contribution in [0.25, 0.3) is 0 Å². The number of hydrogen-bond donors (Lipinski definition) is 1. The molecule has 0 saturated carbocycles. The molecule has 2 aliphatic heterocycles. The number of likely N-dealkylation sites (tertiary alicyclic amines) is 1. The Bertz CT molecular complexity index is 259. The maximum absolute atomic E-state index is 5.56. The Morgan fingerprint density at radius 1 is 1.21 bits per heavy atom. The van der Waals surface area contributed by atoms with Crippen LogP contribution in [0.1, 0.15) is 52.9 Å². The van der Waals surface area contributed by atoms with Crippen LogP contribution >= 0.6 is 0 Å². The van der Waals surface area contributed by atoms with Crippen molar-refractivity contribution in [2.24, 2.45) is 5.92 Å². The number of nitrogens with zero attached hydrogens (tertiary/aromatic N) is 1. The highest BCUT2D eigenvalue weighted by Gasteiger charge is 2.42. The molecule has 3 heteroatoms. The van der Waals surface area contributed by atoms with E-state index in [-0.39, 0.29) is 0 Å². The van der Waals surface area contributed by atoms with Crippen molar-refractivity contribution >= 4 is 0 Å². The third-order valence-corrected chi connectivity index (χ3v) is 5.38. The number of nitrogens with one attached hydrogen (secondary N) is 1. The summed E-state index contributed by atoms with van der Waals surface area (Å²) < 4.78 is 5.56. The van der Waals surface area contributed by atoms with E-state index >= 15 is 0 Å². The third-order valence-electron chi connectivity index (χ3n) is 5.38. The molecule has 0 radical (unpaired) electrons. The molecule has 0 aromatic carbocycles. The summed E-state index contributed by atoms with van der Waals surface area (Å²) in [6, 6.07) is 0.615. The van der Waals surface area contributed by atoms with Crippen LogP contribution in [0.5, 0.6) is 0 Å². The Labute approximate surface area is 119 Å². The first-order chi connectivity index (χ1) is 9.22. The Kier molecular flexibility index (Phi) is 5.67. The second-order valence-electron chi connectivity index (χ2n) is 6.39. The van der Waals surface area contributed by atoms with Gasteiger partial charge in [-0.15, -0.1) is 0 Å². The second kappa shape index (κ2) is 7.05. The second-order valence-corrected chi connectivity index (χ2v) is 6.39. The molecule has 0 bridgehead atoms. The lowest BCUT2D eigenvalue weighted by Gasteiger charge is -2.48. The van der Waals surface area contributed by atoms with Crippen LogP contribution in [0.2, 0.25) is 0 Å². The van der Waals surface area contributed by atoms with Crippen LogP contribution in [0.4, 0.5) is 0 Å². The fraction of sp³-hybridized carbons (Fsp3) is 1.00. The van der Waals surface area contributed by atoms with Gasteiger partial charge in [-0.2, -0.15) is 0 Å². The molecular weight excluding hydrogens is 236 g/mol. The molecule has 2 fully saturated rings. The summed E-state index contributed by atoms with van der Waals surface area (Å²) in [7, 11) is 0. The molecule has 0 amide bonds. The highest BCUT2D eigenvalue weighted by molar-refractivity contribution is 5.01. The summed E-state index contributed by atoms with van der Waals surface area (Å²) in [4.78, 5) is 2.75. The maximum Gasteiger partial charge on any atom is 0.0469 e. The molecule has 1 N–H and O–H groups in total. The molecule has 0 aromatic rings. The summed E-state index contributed by atoms with van der Waals surface area (Å²) in [6.45, 7) is 12.6. The van der Waals surface area contributed by atoms with Gasteiger partial charge < -0.3 is 10.1 Å². The molecule has 0 spiro atoms. The molecule has 2 rings (SSSR count). The van der Waals surface area contributed by atoms with Gasteiger partial charge in [-0.25, -0.2) is 0 Å². The quantitative estimate of drug-likeness (QED) is 0.801. The number of likely N-dealkylation sites (N-methyl/N-ethyl adjacent to an activating group) is 1. The van der Waals surface area contributed by atoms with Crippen LogP contribution < -0.4 is 5.32 Å². The predicted molar refractivity (Wildman–Crippen MR) is 80.5 cm³/mol. The lowest BCUT2D eigenvalue weighted by atomic mass is 9.76. The summed E-state index contributed by atoms with van der Waals surface area (Å²) in [5.41, 5.74) is 0.314. The van der Waals surface area contributed by atoms with Gasteiger partial charge in [0.25, 0.3) is 0 Å². The molecule has 2 aliphatic rings. The summed E-state index contributed by atoms with van der Waals surface area (Å²) >= 11 is 0. The highest BCUT2D eigenvalue weighted by Crippen LogP contribution is 2.34. The predicted octanol–water partition coefficient (Wildman–Crippen LogP) is 2.66. The average molecular weight is 268 g/mol. The van der Waals surface area contributed by atoms with Crippen molar-refractivity contribution in [3.05, 3.63) is 0 Å². The lowest BCUT2D eigenvalue weighted by Crippen LogP contribution is -2.61. The molecule has 2 saturated heterocycles. The fourth-order valence-corrected chi connectivity index (χ4v) is 4.03. The van der Waals surface area contributed by atoms with E-state index in [0.29, 0.717) is 11.6 Å². The largest absolute Gasteiger partial charge is 0.381 e. The van der Waals surface area contributed by atoms with Crippen molar-refractivity contribution in [2.45, 2.75) is 64.5 Å². The van der Waals surface area contributed by atoms with Crippen LogP contribution in [-0.2, 0) is 4.74 Å². The van der Waals surface area contributed by atoms with E-state index < -0.39 is 0 Å². The van der Waals surface area contributed by atoms with Crippen molar-refractivity contribution in [1.82, 2.24) is 10.2 Å². The van der Waals surface area contributed by atoms with Gasteiger partial charge in [0.2, 0.25) is 0 Å². The third kappa shape index (κ3) is 3.32. The summed E-state index contributed by atoms with van der Waals surface area (Å²) in [5.74, 6) is 0.777. The summed E-state index contributed by atoms with van der Waals surface area (Å²) in [6.07, 6.45) is 6.44. The maximum atomic E-state index is 5.56. The molecule has 112 valence electrons. The first-order valence-electron chi connectivity index (χ1n) is 8.28. The van der Waals surface area contributed by atoms with Gasteiger partial charge >= 0.3 is 0 Å². The van der Waals surface area contributed by atoms with Crippen molar-refractivity contribution < 1.29 is 4.74 Å². The molecule has 2 unspecified atom stereocenters. The lowest BCUT2D eigenvalue weighted by molar-refractivity contribution is 0.00473. The zero-order valence-electron chi connectivity index (χ0n) is 13.1. The number of ether oxygens (including phenoxy) is 1. The zero-order valence-corrected chi connectivity index (χ0v) is 13.1. The Morgan fingerprint density at radius 2 is 1.84 bits per heavy atom. The SMILES string of the molecule is CCNC(C1CCOCC1)C(C)(CC)N1CCCC1. The minimum absolute atomic E-state index is 0.314. The smallest absolute Gasteiger partial charge is 0.0469 e. The van der Waals surface area contributed by atoms with E-state index in [1.807, 2.05) is 0 Å². The van der Waals surface area contributed by atoms with Gasteiger partial charge in [0.05, 0.1) is 0 Å². The topological polar surface area (TPSA) is 24.5 Å². The first kappa shape index (κ1) is 15.3. The van der Waals surface area contributed by atoms with Gasteiger partial charge in [0.1, 0.15) is 0 Å². The molecule has 19 heavy (non-hydrogen) atoms. The fourth-order valence-electron chi connectivity index (χ4n) is 4.03. The van der Waals surface area contributed by atoms with Crippen molar-refractivity contribution in [1.29, 1.82) is 0 Å². The van der Waals surface area contributed by atoms with E-state index in [1.54, 1.807) is 0 Å². The zero-order chi connectivity index (χ0) is 13.7. The highest BCUT2D eigenvalue weighted by atomic mass is 16.5. The van der Waals surface area contributed by atoms with Gasteiger partial charge in [0.15, 0.2) is 0 Å².